The number of anilines is 2. The number of fused-ring (bicyclic) bond motifs is 3. The Labute approximate surface area is 364 Å². The highest BCUT2D eigenvalue weighted by molar-refractivity contribution is 6.35. The summed E-state index contributed by atoms with van der Waals surface area (Å²) in [5.74, 6) is 0.171. The lowest BCUT2D eigenvalue weighted by Gasteiger charge is -2.19. The minimum atomic E-state index is -0.771. The van der Waals surface area contributed by atoms with Gasteiger partial charge in [-0.05, 0) is 89.1 Å². The fraction of sp³-hybridized carbons (Fsp3) is 0.217. The second-order valence-electron chi connectivity index (χ2n) is 15.8. The Morgan fingerprint density at radius 3 is 1.43 bits per heavy atom. The Kier molecular flexibility index (Phi) is 14.1. The van der Waals surface area contributed by atoms with Gasteiger partial charge in [-0.1, -0.05) is 84.9 Å². The molecule has 0 spiro atoms. The summed E-state index contributed by atoms with van der Waals surface area (Å²) in [5, 5.41) is 9.50. The molecule has 17 nitrogen and oxygen atoms in total. The quantitative estimate of drug-likeness (QED) is 0.101. The molecule has 0 atom stereocenters. The van der Waals surface area contributed by atoms with Gasteiger partial charge in [-0.15, -0.1) is 10.2 Å². The van der Waals surface area contributed by atoms with Gasteiger partial charge in [0.15, 0.2) is 11.6 Å². The highest BCUT2D eigenvalue weighted by atomic mass is 16.6. The van der Waals surface area contributed by atoms with E-state index in [2.05, 4.69) is 10.2 Å². The maximum Gasteiger partial charge on any atom is 0.435 e. The van der Waals surface area contributed by atoms with Gasteiger partial charge >= 0.3 is 12.2 Å². The third-order valence-corrected chi connectivity index (χ3v) is 8.96. The molecule has 17 heteroatoms. The number of carbonyl (C=O) groups is 4. The number of rotatable bonds is 7. The summed E-state index contributed by atoms with van der Waals surface area (Å²) in [6.07, 6.45) is -1.31. The molecule has 3 heterocycles. The average molecular weight is 859 g/mol. The number of ether oxygens (including phenoxy) is 4. The number of benzene rings is 5. The molecule has 0 aliphatic carbocycles. The van der Waals surface area contributed by atoms with Crippen molar-refractivity contribution in [3.8, 4) is 11.5 Å². The summed E-state index contributed by atoms with van der Waals surface area (Å²) in [7, 11) is 0. The fourth-order valence-electron chi connectivity index (χ4n) is 6.42. The van der Waals surface area contributed by atoms with Crippen molar-refractivity contribution in [2.24, 2.45) is 0 Å². The van der Waals surface area contributed by atoms with Crippen LogP contribution in [0.4, 0.5) is 21.2 Å². The third kappa shape index (κ3) is 10.3. The number of nitrogens with zero attached hydrogens (tertiary/aromatic N) is 5. The Bertz CT molecular complexity index is 2730. The highest BCUT2D eigenvalue weighted by Crippen LogP contribution is 2.39. The largest absolute Gasteiger partial charge is 0.488 e. The van der Waals surface area contributed by atoms with Crippen molar-refractivity contribution < 1.29 is 45.0 Å². The SMILES string of the molecule is CC(C)(C)OC(=O)n1nc(N)c2c(OCc3ccccc3)cccc21.CC(C)(C)OC(=O)n1nc(N2C(=O)c3ccccc3C2=O)c2c(OCc3ccccc3)cccc21.N=N.O.[HH]. The number of hydrogen-bond donors (Lipinski definition) is 3. The van der Waals surface area contributed by atoms with Crippen LogP contribution in [-0.4, -0.2) is 60.2 Å². The van der Waals surface area contributed by atoms with Crippen LogP contribution in [0.25, 0.3) is 21.8 Å². The van der Waals surface area contributed by atoms with E-state index in [1.54, 1.807) is 96.1 Å². The first kappa shape index (κ1) is 46.2. The molecular weight excluding hydrogens is 809 g/mol. The minimum Gasteiger partial charge on any atom is -0.488 e. The summed E-state index contributed by atoms with van der Waals surface area (Å²) in [5.41, 5.74) is 18.1. The van der Waals surface area contributed by atoms with E-state index in [0.29, 0.717) is 39.9 Å². The van der Waals surface area contributed by atoms with Crippen LogP contribution >= 0.6 is 0 Å². The van der Waals surface area contributed by atoms with Crippen LogP contribution in [0.5, 0.6) is 11.5 Å². The lowest BCUT2D eigenvalue weighted by molar-refractivity contribution is 0.0512. The van der Waals surface area contributed by atoms with Crippen molar-refractivity contribution in [3.05, 3.63) is 144 Å². The van der Waals surface area contributed by atoms with E-state index in [0.717, 1.165) is 20.7 Å². The van der Waals surface area contributed by atoms with E-state index in [-0.39, 0.29) is 36.3 Å². The van der Waals surface area contributed by atoms with E-state index in [1.165, 1.54) is 4.68 Å². The van der Waals surface area contributed by atoms with Crippen LogP contribution in [0, 0.1) is 11.1 Å². The molecule has 0 fully saturated rings. The zero-order chi connectivity index (χ0) is 44.8. The number of aromatic nitrogens is 4. The van der Waals surface area contributed by atoms with Crippen LogP contribution in [0.3, 0.4) is 0 Å². The standard InChI is InChI=1S/C27H23N3O5.C19H21N3O3.H2N2.H2O.H2/c1-27(2,3)35-26(33)30-20-14-9-15-21(34-16-17-10-5-4-6-11-17)22(20)23(28-30)29-24(31)18-12-7-8-13-19(18)25(29)32;1-19(2,3)25-18(23)22-14-10-7-11-15(16(14)17(20)21-22)24-12-13-8-5-4-6-9-13;1-2;;/h4-15H,16H2,1-3H3;4-11H,12H2,1-3H3,(H2,20,21);1-2H;1H2;1H. The summed E-state index contributed by atoms with van der Waals surface area (Å²) in [6.45, 7) is 11.3. The van der Waals surface area contributed by atoms with Gasteiger partial charge < -0.3 is 30.2 Å². The van der Waals surface area contributed by atoms with Crippen LogP contribution in [0.2, 0.25) is 0 Å². The summed E-state index contributed by atoms with van der Waals surface area (Å²) in [4.78, 5) is 52.9. The smallest absolute Gasteiger partial charge is 0.435 e. The van der Waals surface area contributed by atoms with Crippen LogP contribution in [0.1, 0.15) is 74.8 Å². The molecule has 6 N–H and O–H groups in total. The summed E-state index contributed by atoms with van der Waals surface area (Å²) >= 11 is 0. The molecule has 5 aromatic carbocycles. The molecule has 0 unspecified atom stereocenters. The Morgan fingerprint density at radius 2 is 0.984 bits per heavy atom. The number of imide groups is 1. The zero-order valence-electron chi connectivity index (χ0n) is 35.5. The molecule has 0 bridgehead atoms. The monoisotopic (exact) mass is 858 g/mol. The number of nitrogen functional groups attached to an aromatic ring is 1. The predicted octanol–water partition coefficient (Wildman–Crippen LogP) is 9.20. The third-order valence-electron chi connectivity index (χ3n) is 8.96. The molecule has 0 saturated carbocycles. The molecule has 8 rings (SSSR count). The molecule has 328 valence electrons. The van der Waals surface area contributed by atoms with E-state index in [1.807, 2.05) is 66.7 Å². The average Bonchev–Trinajstić information content (AvgIpc) is 3.89. The van der Waals surface area contributed by atoms with Gasteiger partial charge in [-0.3, -0.25) is 9.59 Å². The number of carbonyl (C=O) groups excluding carboxylic acids is 4. The lowest BCUT2D eigenvalue weighted by atomic mass is 10.1. The number of nitrogens with two attached hydrogens (primary N) is 1. The van der Waals surface area contributed by atoms with Crippen molar-refractivity contribution in [2.45, 2.75) is 66.0 Å². The molecule has 2 amide bonds. The molecule has 1 aliphatic rings. The van der Waals surface area contributed by atoms with Gasteiger partial charge in [0.2, 0.25) is 0 Å². The molecule has 0 radical (unpaired) electrons. The fourth-order valence-corrected chi connectivity index (χ4v) is 6.42. The van der Waals surface area contributed by atoms with Crippen molar-refractivity contribution in [1.29, 1.82) is 11.1 Å². The van der Waals surface area contributed by atoms with Crippen molar-refractivity contribution in [2.75, 3.05) is 10.6 Å². The van der Waals surface area contributed by atoms with E-state index in [4.69, 9.17) is 35.7 Å². The molecule has 0 saturated heterocycles. The van der Waals surface area contributed by atoms with Crippen molar-refractivity contribution in [1.82, 2.24) is 19.6 Å². The van der Waals surface area contributed by atoms with E-state index >= 15 is 0 Å². The molecule has 7 aromatic rings. The molecular formula is C46H50N8O9. The topological polar surface area (TPSA) is 249 Å². The van der Waals surface area contributed by atoms with E-state index < -0.39 is 35.2 Å². The summed E-state index contributed by atoms with van der Waals surface area (Å²) < 4.78 is 25.1. The Morgan fingerprint density at radius 1 is 0.587 bits per heavy atom. The maximum absolute atomic E-state index is 13.2. The molecule has 63 heavy (non-hydrogen) atoms. The van der Waals surface area contributed by atoms with Crippen LogP contribution in [-0.2, 0) is 22.7 Å². The van der Waals surface area contributed by atoms with Crippen LogP contribution < -0.4 is 20.1 Å². The second kappa shape index (κ2) is 19.2. The van der Waals surface area contributed by atoms with Gasteiger partial charge in [0, 0.05) is 1.43 Å². The summed E-state index contributed by atoms with van der Waals surface area (Å²) in [6, 6.07) is 36.4. The first-order chi connectivity index (χ1) is 29.6. The molecule has 1 aliphatic heterocycles. The highest BCUT2D eigenvalue weighted by Gasteiger charge is 2.40. The molecule has 2 aromatic heterocycles. The van der Waals surface area contributed by atoms with Gasteiger partial charge in [0.05, 0.1) is 32.9 Å². The van der Waals surface area contributed by atoms with E-state index in [9.17, 15) is 19.2 Å². The first-order valence-corrected chi connectivity index (χ1v) is 19.4. The maximum atomic E-state index is 13.2. The number of amides is 2. The zero-order valence-corrected chi connectivity index (χ0v) is 35.5. The number of hydrogen-bond acceptors (Lipinski definition) is 13. The predicted molar refractivity (Wildman–Crippen MR) is 237 cm³/mol. The normalized spacial score (nSPS) is 12.0. The van der Waals surface area contributed by atoms with Crippen molar-refractivity contribution in [3.63, 3.8) is 0 Å². The van der Waals surface area contributed by atoms with Gasteiger partial charge in [-0.2, -0.15) is 9.36 Å². The van der Waals surface area contributed by atoms with Crippen LogP contribution in [0.15, 0.2) is 121 Å². The van der Waals surface area contributed by atoms with Gasteiger partial charge in [0.25, 0.3) is 11.8 Å². The Balaban J connectivity index is 0.000000275. The van der Waals surface area contributed by atoms with Gasteiger partial charge in [0.1, 0.15) is 35.9 Å². The second-order valence-corrected chi connectivity index (χ2v) is 15.8. The minimum absolute atomic E-state index is 0. The lowest BCUT2D eigenvalue weighted by Crippen LogP contribution is -2.31. The number of nitrogens with one attached hydrogen (secondary N) is 2. The Hall–Kier alpha value is -7.92. The van der Waals surface area contributed by atoms with Gasteiger partial charge in [-0.25, -0.2) is 25.6 Å². The first-order valence-electron chi connectivity index (χ1n) is 19.4. The van der Waals surface area contributed by atoms with Crippen molar-refractivity contribution >= 4 is 57.4 Å².